The smallest absolute Gasteiger partial charge is 0.292 e. The van der Waals surface area contributed by atoms with E-state index >= 15 is 0 Å². The molecule has 33 heavy (non-hydrogen) atoms. The molecule has 0 aliphatic heterocycles. The molecule has 0 saturated heterocycles. The monoisotopic (exact) mass is 575 g/mol. The Kier molecular flexibility index (Phi) is 7.64. The van der Waals surface area contributed by atoms with Crippen LogP contribution in [-0.4, -0.2) is 21.2 Å². The molecule has 3 aromatic heterocycles. The maximum Gasteiger partial charge on any atom is 0.292 e. The number of halogens is 1. The van der Waals surface area contributed by atoms with Gasteiger partial charge in [-0.05, 0) is 72.2 Å². The van der Waals surface area contributed by atoms with Crippen LogP contribution >= 0.6 is 33.9 Å². The zero-order valence-electron chi connectivity index (χ0n) is 18.9. The van der Waals surface area contributed by atoms with Crippen LogP contribution in [0.3, 0.4) is 0 Å². The van der Waals surface area contributed by atoms with Gasteiger partial charge in [0.1, 0.15) is 11.9 Å². The summed E-state index contributed by atoms with van der Waals surface area (Å²) in [4.78, 5) is 13.5. The Morgan fingerprint density at radius 1 is 1.18 bits per heavy atom. The first-order valence-corrected chi connectivity index (χ1v) is 13.0. The SMILES string of the molecule is CCCCOc1oc2ccc(I)cc2c(=O)c1CCC.Cc1cccc2sc3nncn3c12. The number of rotatable bonds is 6. The van der Waals surface area contributed by atoms with Gasteiger partial charge in [0.05, 0.1) is 27.8 Å². The van der Waals surface area contributed by atoms with E-state index in [-0.39, 0.29) is 5.43 Å². The minimum Gasteiger partial charge on any atom is -0.465 e. The predicted molar refractivity (Wildman–Crippen MR) is 143 cm³/mol. The van der Waals surface area contributed by atoms with Gasteiger partial charge in [0, 0.05) is 3.57 Å². The quantitative estimate of drug-likeness (QED) is 0.165. The lowest BCUT2D eigenvalue weighted by molar-refractivity contribution is 0.237. The number of thiazole rings is 1. The van der Waals surface area contributed by atoms with Gasteiger partial charge in [0.25, 0.3) is 5.95 Å². The third-order valence-corrected chi connectivity index (χ3v) is 6.98. The van der Waals surface area contributed by atoms with Gasteiger partial charge in [0.2, 0.25) is 4.96 Å². The van der Waals surface area contributed by atoms with Gasteiger partial charge >= 0.3 is 0 Å². The number of hydrogen-bond donors (Lipinski definition) is 0. The van der Waals surface area contributed by atoms with E-state index in [4.69, 9.17) is 9.15 Å². The van der Waals surface area contributed by atoms with Crippen LogP contribution < -0.4 is 10.2 Å². The molecule has 0 fully saturated rings. The van der Waals surface area contributed by atoms with Crippen molar-refractivity contribution in [2.75, 3.05) is 6.61 Å². The van der Waals surface area contributed by atoms with Crippen molar-refractivity contribution in [2.24, 2.45) is 0 Å². The number of benzene rings is 2. The van der Waals surface area contributed by atoms with E-state index in [1.165, 1.54) is 15.8 Å². The largest absolute Gasteiger partial charge is 0.465 e. The van der Waals surface area contributed by atoms with Crippen LogP contribution in [0.2, 0.25) is 0 Å². The van der Waals surface area contributed by atoms with E-state index in [2.05, 4.69) is 64.8 Å². The van der Waals surface area contributed by atoms with Crippen molar-refractivity contribution in [1.29, 1.82) is 0 Å². The molecule has 0 atom stereocenters. The van der Waals surface area contributed by atoms with Gasteiger partial charge in [-0.2, -0.15) is 0 Å². The second-order valence-electron chi connectivity index (χ2n) is 7.80. The second kappa shape index (κ2) is 10.6. The zero-order chi connectivity index (χ0) is 23.4. The molecule has 5 rings (SSSR count). The summed E-state index contributed by atoms with van der Waals surface area (Å²) < 4.78 is 15.8. The van der Waals surface area contributed by atoms with Crippen molar-refractivity contribution in [3.8, 4) is 5.95 Å². The number of hydrogen-bond acceptors (Lipinski definition) is 6. The van der Waals surface area contributed by atoms with E-state index < -0.39 is 0 Å². The maximum atomic E-state index is 12.6. The highest BCUT2D eigenvalue weighted by Gasteiger charge is 2.15. The number of para-hydroxylation sites is 1. The van der Waals surface area contributed by atoms with Gasteiger partial charge in [-0.25, -0.2) is 0 Å². The summed E-state index contributed by atoms with van der Waals surface area (Å²) in [6.45, 7) is 6.85. The fourth-order valence-electron chi connectivity index (χ4n) is 3.65. The third kappa shape index (κ3) is 5.06. The minimum absolute atomic E-state index is 0.0399. The number of nitrogens with zero attached hydrogens (tertiary/aromatic N) is 3. The first-order valence-electron chi connectivity index (χ1n) is 11.1. The summed E-state index contributed by atoms with van der Waals surface area (Å²) in [7, 11) is 0. The van der Waals surface area contributed by atoms with Crippen LogP contribution in [0, 0.1) is 10.5 Å². The summed E-state index contributed by atoms with van der Waals surface area (Å²) >= 11 is 3.87. The predicted octanol–water partition coefficient (Wildman–Crippen LogP) is 6.78. The average Bonchev–Trinajstić information content (AvgIpc) is 3.39. The van der Waals surface area contributed by atoms with E-state index in [9.17, 15) is 4.79 Å². The van der Waals surface area contributed by atoms with E-state index in [0.29, 0.717) is 35.5 Å². The molecule has 5 aromatic rings. The summed E-state index contributed by atoms with van der Waals surface area (Å²) in [6.07, 6.45) is 5.36. The van der Waals surface area contributed by atoms with Gasteiger partial charge in [-0.1, -0.05) is 50.2 Å². The second-order valence-corrected chi connectivity index (χ2v) is 10.1. The van der Waals surface area contributed by atoms with Crippen molar-refractivity contribution in [3.05, 3.63) is 67.6 Å². The lowest BCUT2D eigenvalue weighted by Gasteiger charge is -2.10. The molecule has 172 valence electrons. The van der Waals surface area contributed by atoms with Gasteiger partial charge in [-0.15, -0.1) is 10.2 Å². The van der Waals surface area contributed by atoms with Crippen LogP contribution in [0.5, 0.6) is 5.95 Å². The van der Waals surface area contributed by atoms with Crippen molar-refractivity contribution in [1.82, 2.24) is 14.6 Å². The lowest BCUT2D eigenvalue weighted by Crippen LogP contribution is -2.12. The summed E-state index contributed by atoms with van der Waals surface area (Å²) in [5.74, 6) is 0.402. The summed E-state index contributed by atoms with van der Waals surface area (Å²) in [5, 5.41) is 8.55. The fraction of sp³-hybridized carbons (Fsp3) is 0.320. The Hall–Kier alpha value is -2.46. The molecule has 0 aliphatic rings. The molecular formula is C25H26IN3O3S. The van der Waals surface area contributed by atoms with Gasteiger partial charge in [0.15, 0.2) is 5.43 Å². The minimum atomic E-state index is 0.0399. The Bertz CT molecular complexity index is 1450. The summed E-state index contributed by atoms with van der Waals surface area (Å²) in [6, 6.07) is 11.9. The topological polar surface area (TPSA) is 69.6 Å². The Labute approximate surface area is 209 Å². The normalized spacial score (nSPS) is 11.2. The molecule has 0 bridgehead atoms. The number of ether oxygens (including phenoxy) is 1. The van der Waals surface area contributed by atoms with Crippen LogP contribution in [0.1, 0.15) is 44.2 Å². The van der Waals surface area contributed by atoms with Crippen molar-refractivity contribution < 1.29 is 9.15 Å². The molecule has 0 spiro atoms. The molecule has 0 unspecified atom stereocenters. The fourth-order valence-corrected chi connectivity index (χ4v) is 5.16. The van der Waals surface area contributed by atoms with Crippen molar-refractivity contribution in [3.63, 3.8) is 0 Å². The highest BCUT2D eigenvalue weighted by Crippen LogP contribution is 2.27. The average molecular weight is 575 g/mol. The number of aryl methyl sites for hydroxylation is 1. The Morgan fingerprint density at radius 3 is 2.82 bits per heavy atom. The first-order chi connectivity index (χ1) is 16.0. The van der Waals surface area contributed by atoms with Crippen LogP contribution in [0.25, 0.3) is 26.1 Å². The van der Waals surface area contributed by atoms with Crippen LogP contribution in [0.15, 0.2) is 51.9 Å². The lowest BCUT2D eigenvalue weighted by atomic mass is 10.1. The number of fused-ring (bicyclic) bond motifs is 4. The first kappa shape index (κ1) is 23.7. The molecule has 0 radical (unpaired) electrons. The molecule has 2 aromatic carbocycles. The van der Waals surface area contributed by atoms with E-state index in [1.807, 2.05) is 29.5 Å². The van der Waals surface area contributed by atoms with Crippen molar-refractivity contribution >= 4 is 60.1 Å². The zero-order valence-corrected chi connectivity index (χ0v) is 21.9. The molecule has 0 aliphatic carbocycles. The highest BCUT2D eigenvalue weighted by atomic mass is 127. The maximum absolute atomic E-state index is 12.6. The number of aromatic nitrogens is 3. The molecule has 0 saturated carbocycles. The van der Waals surface area contributed by atoms with Crippen LogP contribution in [-0.2, 0) is 6.42 Å². The van der Waals surface area contributed by atoms with Gasteiger partial charge in [-0.3, -0.25) is 9.20 Å². The third-order valence-electron chi connectivity index (χ3n) is 5.30. The highest BCUT2D eigenvalue weighted by molar-refractivity contribution is 14.1. The Morgan fingerprint density at radius 2 is 2.03 bits per heavy atom. The van der Waals surface area contributed by atoms with Crippen molar-refractivity contribution in [2.45, 2.75) is 46.5 Å². The molecular weight excluding hydrogens is 549 g/mol. The van der Waals surface area contributed by atoms with Gasteiger partial charge < -0.3 is 9.15 Å². The van der Waals surface area contributed by atoms with E-state index in [0.717, 1.165) is 27.8 Å². The number of unbranched alkanes of at least 4 members (excludes halogenated alkanes) is 1. The molecule has 6 nitrogen and oxygen atoms in total. The molecule has 0 N–H and O–H groups in total. The molecule has 8 heteroatoms. The van der Waals surface area contributed by atoms with E-state index in [1.54, 1.807) is 17.7 Å². The standard InChI is InChI=1S/C16H19IO3.C9H7N3S/c1-3-5-9-19-16-12(6-4-2)15(18)13-10-11(17)7-8-14(13)20-16;1-6-3-2-4-7-8(6)12-5-10-11-9(12)13-7/h7-8,10H,3-6,9H2,1-2H3;2-5H,1H3. The Balaban J connectivity index is 0.000000170. The van der Waals surface area contributed by atoms with Crippen LogP contribution in [0.4, 0.5) is 0 Å². The molecule has 3 heterocycles. The summed E-state index contributed by atoms with van der Waals surface area (Å²) in [5.41, 5.74) is 3.80. The molecule has 0 amide bonds.